The van der Waals surface area contributed by atoms with E-state index in [1.165, 1.54) is 6.07 Å². The van der Waals surface area contributed by atoms with Crippen LogP contribution in [0.4, 0.5) is 0 Å². The second-order valence-electron chi connectivity index (χ2n) is 3.44. The molecule has 0 atom stereocenters. The van der Waals surface area contributed by atoms with Crippen molar-refractivity contribution in [3.63, 3.8) is 0 Å². The predicted molar refractivity (Wildman–Crippen MR) is 49.6 cm³/mol. The zero-order valence-corrected chi connectivity index (χ0v) is 8.28. The Hall–Kier alpha value is -1.36. The lowest BCUT2D eigenvalue weighted by Gasteiger charge is -2.04. The number of aromatic nitrogens is 1. The smallest absolute Gasteiger partial charge is 0.273 e. The van der Waals surface area contributed by atoms with E-state index in [9.17, 15) is 4.79 Å². The predicted octanol–water partition coefficient (Wildman–Crippen LogP) is 0.553. The van der Waals surface area contributed by atoms with Gasteiger partial charge in [-0.3, -0.25) is 4.79 Å². The summed E-state index contributed by atoms with van der Waals surface area (Å²) in [5, 5.41) is 14.9. The molecule has 1 aromatic heterocycles. The summed E-state index contributed by atoms with van der Waals surface area (Å²) >= 11 is 0. The molecule has 0 aliphatic carbocycles. The molecule has 2 N–H and O–H groups in total. The summed E-state index contributed by atoms with van der Waals surface area (Å²) in [4.78, 5) is 11.4. The first-order valence-corrected chi connectivity index (χ1v) is 4.48. The fraction of sp³-hybridized carbons (Fsp3) is 0.556. The van der Waals surface area contributed by atoms with Crippen LogP contribution in [-0.4, -0.2) is 22.7 Å². The van der Waals surface area contributed by atoms with Crippen LogP contribution in [0.1, 0.15) is 30.1 Å². The molecule has 0 saturated heterocycles. The Balaban J connectivity index is 2.52. The fourth-order valence-corrected chi connectivity index (χ4v) is 0.882. The number of nitrogens with zero attached hydrogens (tertiary/aromatic N) is 1. The molecule has 14 heavy (non-hydrogen) atoms. The van der Waals surface area contributed by atoms with Crippen molar-refractivity contribution in [2.75, 3.05) is 6.54 Å². The van der Waals surface area contributed by atoms with Crippen molar-refractivity contribution in [3.8, 4) is 0 Å². The zero-order chi connectivity index (χ0) is 10.6. The summed E-state index contributed by atoms with van der Waals surface area (Å²) < 4.78 is 4.68. The highest BCUT2D eigenvalue weighted by Gasteiger charge is 2.11. The number of carbonyl (C=O) groups is 1. The summed E-state index contributed by atoms with van der Waals surface area (Å²) in [7, 11) is 0. The van der Waals surface area contributed by atoms with Gasteiger partial charge in [0, 0.05) is 12.6 Å². The SMILES string of the molecule is CC(C)CNC(=O)c1cc(CO)on1. The van der Waals surface area contributed by atoms with E-state index in [-0.39, 0.29) is 18.2 Å². The minimum Gasteiger partial charge on any atom is -0.388 e. The summed E-state index contributed by atoms with van der Waals surface area (Å²) in [6, 6.07) is 1.43. The Kier molecular flexibility index (Phi) is 3.64. The largest absolute Gasteiger partial charge is 0.388 e. The third-order valence-corrected chi connectivity index (χ3v) is 1.62. The molecular weight excluding hydrogens is 184 g/mol. The number of carbonyl (C=O) groups excluding carboxylic acids is 1. The van der Waals surface area contributed by atoms with Crippen LogP contribution in [0.15, 0.2) is 10.6 Å². The van der Waals surface area contributed by atoms with E-state index >= 15 is 0 Å². The summed E-state index contributed by atoms with van der Waals surface area (Å²) in [5.41, 5.74) is 0.203. The Labute approximate surface area is 82.1 Å². The molecule has 0 unspecified atom stereocenters. The first-order valence-electron chi connectivity index (χ1n) is 4.48. The molecule has 1 heterocycles. The van der Waals surface area contributed by atoms with Crippen molar-refractivity contribution in [1.29, 1.82) is 0 Å². The first-order chi connectivity index (χ1) is 6.63. The van der Waals surface area contributed by atoms with Crippen LogP contribution < -0.4 is 5.32 Å². The number of hydrogen-bond acceptors (Lipinski definition) is 4. The zero-order valence-electron chi connectivity index (χ0n) is 8.28. The van der Waals surface area contributed by atoms with Crippen LogP contribution in [-0.2, 0) is 6.61 Å². The van der Waals surface area contributed by atoms with Crippen LogP contribution in [0.25, 0.3) is 0 Å². The maximum absolute atomic E-state index is 11.4. The van der Waals surface area contributed by atoms with Crippen molar-refractivity contribution < 1.29 is 14.4 Å². The number of aliphatic hydroxyl groups is 1. The van der Waals surface area contributed by atoms with Gasteiger partial charge in [0.1, 0.15) is 6.61 Å². The van der Waals surface area contributed by atoms with Gasteiger partial charge in [0.2, 0.25) is 0 Å². The number of nitrogens with one attached hydrogen (secondary N) is 1. The number of hydrogen-bond donors (Lipinski definition) is 2. The third kappa shape index (κ3) is 2.85. The van der Waals surface area contributed by atoms with Crippen molar-refractivity contribution in [2.45, 2.75) is 20.5 Å². The van der Waals surface area contributed by atoms with Crippen molar-refractivity contribution in [1.82, 2.24) is 10.5 Å². The Bertz CT molecular complexity index is 307. The monoisotopic (exact) mass is 198 g/mol. The Morgan fingerprint density at radius 3 is 2.93 bits per heavy atom. The van der Waals surface area contributed by atoms with Crippen molar-refractivity contribution >= 4 is 5.91 Å². The van der Waals surface area contributed by atoms with Crippen LogP contribution >= 0.6 is 0 Å². The average molecular weight is 198 g/mol. The first kappa shape index (κ1) is 10.7. The Morgan fingerprint density at radius 1 is 1.71 bits per heavy atom. The second-order valence-corrected chi connectivity index (χ2v) is 3.44. The molecular formula is C9H14N2O3. The van der Waals surface area contributed by atoms with E-state index in [0.717, 1.165) is 0 Å². The highest BCUT2D eigenvalue weighted by molar-refractivity contribution is 5.92. The van der Waals surface area contributed by atoms with E-state index in [0.29, 0.717) is 18.2 Å². The molecule has 0 bridgehead atoms. The molecule has 0 saturated carbocycles. The van der Waals surface area contributed by atoms with Gasteiger partial charge in [-0.15, -0.1) is 0 Å². The van der Waals surface area contributed by atoms with Crippen LogP contribution in [0.2, 0.25) is 0 Å². The van der Waals surface area contributed by atoms with Gasteiger partial charge in [-0.1, -0.05) is 19.0 Å². The van der Waals surface area contributed by atoms with E-state index < -0.39 is 0 Å². The van der Waals surface area contributed by atoms with Gasteiger partial charge in [0.05, 0.1) is 0 Å². The molecule has 5 heteroatoms. The normalized spacial score (nSPS) is 10.6. The Morgan fingerprint density at radius 2 is 2.43 bits per heavy atom. The standard InChI is InChI=1S/C9H14N2O3/c1-6(2)4-10-9(13)8-3-7(5-12)14-11-8/h3,6,12H,4-5H2,1-2H3,(H,10,13). The topological polar surface area (TPSA) is 75.4 Å². The van der Waals surface area contributed by atoms with E-state index in [2.05, 4.69) is 15.0 Å². The van der Waals surface area contributed by atoms with Crippen molar-refractivity contribution in [3.05, 3.63) is 17.5 Å². The van der Waals surface area contributed by atoms with Crippen LogP contribution in [0.3, 0.4) is 0 Å². The minimum absolute atomic E-state index is 0.203. The second kappa shape index (κ2) is 4.76. The van der Waals surface area contributed by atoms with Crippen LogP contribution in [0, 0.1) is 5.92 Å². The number of aliphatic hydroxyl groups excluding tert-OH is 1. The van der Waals surface area contributed by atoms with E-state index in [4.69, 9.17) is 5.11 Å². The third-order valence-electron chi connectivity index (χ3n) is 1.62. The van der Waals surface area contributed by atoms with Gasteiger partial charge in [0.25, 0.3) is 5.91 Å². The number of amides is 1. The number of rotatable bonds is 4. The lowest BCUT2D eigenvalue weighted by atomic mass is 10.2. The average Bonchev–Trinajstić information content (AvgIpc) is 2.62. The van der Waals surface area contributed by atoms with Gasteiger partial charge in [-0.05, 0) is 5.92 Å². The fourth-order valence-electron chi connectivity index (χ4n) is 0.882. The van der Waals surface area contributed by atoms with Gasteiger partial charge in [-0.2, -0.15) is 0 Å². The van der Waals surface area contributed by atoms with Crippen LogP contribution in [0.5, 0.6) is 0 Å². The molecule has 1 amide bonds. The van der Waals surface area contributed by atoms with E-state index in [1.807, 2.05) is 13.8 Å². The lowest BCUT2D eigenvalue weighted by molar-refractivity contribution is 0.0939. The molecule has 0 aliphatic rings. The summed E-state index contributed by atoms with van der Waals surface area (Å²) in [6.45, 7) is 4.36. The highest BCUT2D eigenvalue weighted by Crippen LogP contribution is 2.03. The molecule has 1 aromatic rings. The molecule has 0 spiro atoms. The van der Waals surface area contributed by atoms with E-state index in [1.54, 1.807) is 0 Å². The molecule has 0 radical (unpaired) electrons. The highest BCUT2D eigenvalue weighted by atomic mass is 16.5. The summed E-state index contributed by atoms with van der Waals surface area (Å²) in [5.74, 6) is 0.407. The molecule has 5 nitrogen and oxygen atoms in total. The minimum atomic E-state index is -0.276. The summed E-state index contributed by atoms with van der Waals surface area (Å²) in [6.07, 6.45) is 0. The molecule has 78 valence electrons. The maximum Gasteiger partial charge on any atom is 0.273 e. The quantitative estimate of drug-likeness (QED) is 0.741. The van der Waals surface area contributed by atoms with Crippen molar-refractivity contribution in [2.24, 2.45) is 5.92 Å². The molecule has 0 aromatic carbocycles. The van der Waals surface area contributed by atoms with Gasteiger partial charge in [0.15, 0.2) is 11.5 Å². The van der Waals surface area contributed by atoms with Gasteiger partial charge < -0.3 is 14.9 Å². The van der Waals surface area contributed by atoms with Gasteiger partial charge in [-0.25, -0.2) is 0 Å². The van der Waals surface area contributed by atoms with Gasteiger partial charge >= 0.3 is 0 Å². The molecule has 1 rings (SSSR count). The molecule has 0 fully saturated rings. The molecule has 0 aliphatic heterocycles. The lowest BCUT2D eigenvalue weighted by Crippen LogP contribution is -2.27. The maximum atomic E-state index is 11.4.